The zero-order valence-corrected chi connectivity index (χ0v) is 19.8. The molecule has 0 spiro atoms. The standard InChI is InChI=1S/C29H28FNO5/c30-15-18-16-31(17-18)10-12-34-22-5-1-19(2-6-22)29-28-23(25-13-20(32)4-8-26(25)36-29)9-11-35-27-14-21(33)3-7-24(27)28/h1-8,13-14,18,29,32-33H,9-12,15-17H2/t29-/m1/s1. The summed E-state index contributed by atoms with van der Waals surface area (Å²) in [5.41, 5.74) is 4.70. The van der Waals surface area contributed by atoms with Gasteiger partial charge in [0.1, 0.15) is 41.5 Å². The summed E-state index contributed by atoms with van der Waals surface area (Å²) in [7, 11) is 0. The minimum absolute atomic E-state index is 0.143. The van der Waals surface area contributed by atoms with Crippen LogP contribution in [0.5, 0.6) is 28.7 Å². The molecule has 7 heteroatoms. The third-order valence-corrected chi connectivity index (χ3v) is 7.10. The molecule has 6 rings (SSSR count). The minimum Gasteiger partial charge on any atom is -0.508 e. The molecule has 3 aliphatic heterocycles. The SMILES string of the molecule is Oc1ccc2c(c1)OCCC1=C2[C@@H](c2ccc(OCCN3CC(CF)C3)cc2)Oc2ccc(O)cc21. The summed E-state index contributed by atoms with van der Waals surface area (Å²) in [4.78, 5) is 2.20. The van der Waals surface area contributed by atoms with Gasteiger partial charge in [0.25, 0.3) is 0 Å². The van der Waals surface area contributed by atoms with E-state index in [4.69, 9.17) is 14.2 Å². The molecule has 1 atom stereocenters. The summed E-state index contributed by atoms with van der Waals surface area (Å²) < 4.78 is 31.1. The van der Waals surface area contributed by atoms with Gasteiger partial charge in [0.15, 0.2) is 0 Å². The van der Waals surface area contributed by atoms with Crippen molar-refractivity contribution in [1.29, 1.82) is 0 Å². The van der Waals surface area contributed by atoms with E-state index in [0.717, 1.165) is 53.2 Å². The van der Waals surface area contributed by atoms with Crippen LogP contribution in [0.3, 0.4) is 0 Å². The number of benzene rings is 3. The Balaban J connectivity index is 1.29. The molecule has 0 radical (unpaired) electrons. The largest absolute Gasteiger partial charge is 0.508 e. The third kappa shape index (κ3) is 4.24. The summed E-state index contributed by atoms with van der Waals surface area (Å²) >= 11 is 0. The van der Waals surface area contributed by atoms with E-state index in [2.05, 4.69) is 4.90 Å². The molecule has 36 heavy (non-hydrogen) atoms. The zero-order chi connectivity index (χ0) is 24.6. The first-order valence-corrected chi connectivity index (χ1v) is 12.3. The Bertz CT molecular complexity index is 1300. The Hall–Kier alpha value is -3.71. The van der Waals surface area contributed by atoms with E-state index in [1.165, 1.54) is 0 Å². The quantitative estimate of drug-likeness (QED) is 0.496. The van der Waals surface area contributed by atoms with Crippen molar-refractivity contribution in [2.24, 2.45) is 5.92 Å². The molecular weight excluding hydrogens is 461 g/mol. The summed E-state index contributed by atoms with van der Waals surface area (Å²) in [5, 5.41) is 20.2. The summed E-state index contributed by atoms with van der Waals surface area (Å²) in [5.74, 6) is 2.59. The van der Waals surface area contributed by atoms with Gasteiger partial charge in [-0.1, -0.05) is 12.1 Å². The van der Waals surface area contributed by atoms with Crippen LogP contribution in [-0.4, -0.2) is 54.6 Å². The number of halogens is 1. The number of phenolic OH excluding ortho intramolecular Hbond substituents is 2. The predicted octanol–water partition coefficient (Wildman–Crippen LogP) is 5.20. The predicted molar refractivity (Wildman–Crippen MR) is 134 cm³/mol. The molecule has 0 bridgehead atoms. The fourth-order valence-corrected chi connectivity index (χ4v) is 5.26. The molecule has 0 aromatic heterocycles. The number of ether oxygens (including phenoxy) is 3. The average molecular weight is 490 g/mol. The molecule has 3 aromatic rings. The number of likely N-dealkylation sites (tertiary alicyclic amines) is 1. The smallest absolute Gasteiger partial charge is 0.150 e. The maximum atomic E-state index is 12.6. The van der Waals surface area contributed by atoms with Gasteiger partial charge in [-0.2, -0.15) is 0 Å². The number of nitrogens with zero attached hydrogens (tertiary/aromatic N) is 1. The lowest BCUT2D eigenvalue weighted by atomic mass is 9.84. The zero-order valence-electron chi connectivity index (χ0n) is 19.8. The third-order valence-electron chi connectivity index (χ3n) is 7.10. The van der Waals surface area contributed by atoms with Crippen LogP contribution < -0.4 is 14.2 Å². The van der Waals surface area contributed by atoms with E-state index in [1.54, 1.807) is 30.3 Å². The lowest BCUT2D eigenvalue weighted by Crippen LogP contribution is -2.49. The molecule has 0 amide bonds. The molecule has 0 unspecified atom stereocenters. The second kappa shape index (κ2) is 9.39. The van der Waals surface area contributed by atoms with Crippen LogP contribution in [0.4, 0.5) is 4.39 Å². The van der Waals surface area contributed by atoms with E-state index in [1.807, 2.05) is 30.3 Å². The number of hydrogen-bond acceptors (Lipinski definition) is 6. The molecule has 0 aliphatic carbocycles. The van der Waals surface area contributed by atoms with Gasteiger partial charge in [-0.05, 0) is 53.6 Å². The summed E-state index contributed by atoms with van der Waals surface area (Å²) in [6.45, 7) is 3.15. The van der Waals surface area contributed by atoms with Crippen LogP contribution in [0, 0.1) is 5.92 Å². The van der Waals surface area contributed by atoms with Gasteiger partial charge in [-0.15, -0.1) is 0 Å². The van der Waals surface area contributed by atoms with Crippen LogP contribution in [-0.2, 0) is 0 Å². The van der Waals surface area contributed by atoms with E-state index in [9.17, 15) is 14.6 Å². The van der Waals surface area contributed by atoms with Crippen molar-refractivity contribution in [2.45, 2.75) is 12.5 Å². The van der Waals surface area contributed by atoms with E-state index < -0.39 is 6.10 Å². The number of phenols is 2. The van der Waals surface area contributed by atoms with Gasteiger partial charge < -0.3 is 24.4 Å². The highest BCUT2D eigenvalue weighted by atomic mass is 19.1. The molecule has 3 aliphatic rings. The highest BCUT2D eigenvalue weighted by Gasteiger charge is 2.34. The Morgan fingerprint density at radius 2 is 1.69 bits per heavy atom. The summed E-state index contributed by atoms with van der Waals surface area (Å²) in [6.07, 6.45) is 0.247. The van der Waals surface area contributed by atoms with Crippen molar-refractivity contribution < 1.29 is 28.8 Å². The van der Waals surface area contributed by atoms with Crippen molar-refractivity contribution in [3.8, 4) is 28.7 Å². The maximum Gasteiger partial charge on any atom is 0.150 e. The highest BCUT2D eigenvalue weighted by Crippen LogP contribution is 2.51. The summed E-state index contributed by atoms with van der Waals surface area (Å²) in [6, 6.07) is 18.2. The lowest BCUT2D eigenvalue weighted by Gasteiger charge is -2.37. The van der Waals surface area contributed by atoms with E-state index >= 15 is 0 Å². The van der Waals surface area contributed by atoms with Crippen molar-refractivity contribution in [3.05, 3.63) is 77.4 Å². The van der Waals surface area contributed by atoms with Crippen LogP contribution >= 0.6 is 0 Å². The van der Waals surface area contributed by atoms with Gasteiger partial charge in [0.05, 0.1) is 13.3 Å². The highest BCUT2D eigenvalue weighted by molar-refractivity contribution is 5.98. The first kappa shape index (κ1) is 22.7. The lowest BCUT2D eigenvalue weighted by molar-refractivity contribution is 0.0668. The van der Waals surface area contributed by atoms with E-state index in [0.29, 0.717) is 31.1 Å². The number of alkyl halides is 1. The Morgan fingerprint density at radius 3 is 2.50 bits per heavy atom. The normalized spacial score (nSPS) is 19.2. The van der Waals surface area contributed by atoms with Crippen molar-refractivity contribution in [3.63, 3.8) is 0 Å². The van der Waals surface area contributed by atoms with Crippen LogP contribution in [0.15, 0.2) is 60.7 Å². The first-order chi connectivity index (χ1) is 17.6. The van der Waals surface area contributed by atoms with Crippen LogP contribution in [0.2, 0.25) is 0 Å². The molecule has 1 fully saturated rings. The van der Waals surface area contributed by atoms with Gasteiger partial charge in [0.2, 0.25) is 0 Å². The van der Waals surface area contributed by atoms with E-state index in [-0.39, 0.29) is 24.1 Å². The minimum atomic E-state index is -0.394. The fraction of sp³-hybridized carbons (Fsp3) is 0.310. The molecular formula is C29H28FNO5. The molecule has 2 N–H and O–H groups in total. The first-order valence-electron chi connectivity index (χ1n) is 12.3. The molecule has 0 saturated carbocycles. The van der Waals surface area contributed by atoms with Gasteiger partial charge in [-0.3, -0.25) is 9.29 Å². The van der Waals surface area contributed by atoms with Gasteiger partial charge >= 0.3 is 0 Å². The molecule has 6 nitrogen and oxygen atoms in total. The Labute approximate surface area is 209 Å². The van der Waals surface area contributed by atoms with Crippen molar-refractivity contribution in [1.82, 2.24) is 4.90 Å². The molecule has 1 saturated heterocycles. The number of rotatable bonds is 6. The van der Waals surface area contributed by atoms with Gasteiger partial charge in [0, 0.05) is 54.7 Å². The number of hydrogen-bond donors (Lipinski definition) is 2. The molecule has 186 valence electrons. The average Bonchev–Trinajstić information content (AvgIpc) is 3.05. The topological polar surface area (TPSA) is 71.4 Å². The second-order valence-corrected chi connectivity index (χ2v) is 9.55. The number of aromatic hydroxyl groups is 2. The Kier molecular flexibility index (Phi) is 5.93. The maximum absolute atomic E-state index is 12.6. The molecule has 3 heterocycles. The van der Waals surface area contributed by atoms with Crippen molar-refractivity contribution in [2.75, 3.05) is 39.5 Å². The van der Waals surface area contributed by atoms with Crippen LogP contribution in [0.25, 0.3) is 11.1 Å². The monoisotopic (exact) mass is 489 g/mol. The van der Waals surface area contributed by atoms with Crippen LogP contribution in [0.1, 0.15) is 29.2 Å². The Morgan fingerprint density at radius 1 is 0.917 bits per heavy atom. The fourth-order valence-electron chi connectivity index (χ4n) is 5.26. The number of fused-ring (bicyclic) bond motifs is 4. The molecule has 3 aromatic carbocycles. The van der Waals surface area contributed by atoms with Gasteiger partial charge in [-0.25, -0.2) is 0 Å². The second-order valence-electron chi connectivity index (χ2n) is 9.55. The van der Waals surface area contributed by atoms with Crippen molar-refractivity contribution >= 4 is 11.1 Å².